The molecule has 0 unspecified atom stereocenters. The summed E-state index contributed by atoms with van der Waals surface area (Å²) in [4.78, 5) is 0. The van der Waals surface area contributed by atoms with E-state index >= 15 is 0 Å². The summed E-state index contributed by atoms with van der Waals surface area (Å²) in [6.07, 6.45) is 0. The van der Waals surface area contributed by atoms with Crippen molar-refractivity contribution in [2.45, 2.75) is 10.8 Å². The van der Waals surface area contributed by atoms with Gasteiger partial charge in [0, 0.05) is 11.1 Å². The van der Waals surface area contributed by atoms with E-state index in [1.165, 1.54) is 60.8 Å². The first-order chi connectivity index (χ1) is 27.3. The van der Waals surface area contributed by atoms with Gasteiger partial charge < -0.3 is 4.74 Å². The first-order valence-electron chi connectivity index (χ1n) is 19.1. The molecular formula is C54H36O. The van der Waals surface area contributed by atoms with E-state index in [1.54, 1.807) is 0 Å². The van der Waals surface area contributed by atoms with Gasteiger partial charge in [-0.1, -0.05) is 194 Å². The van der Waals surface area contributed by atoms with Crippen molar-refractivity contribution in [3.63, 3.8) is 0 Å². The van der Waals surface area contributed by atoms with E-state index in [9.17, 15) is 0 Å². The molecule has 0 fully saturated rings. The third-order valence-corrected chi connectivity index (χ3v) is 12.1. The molecule has 11 rings (SSSR count). The summed E-state index contributed by atoms with van der Waals surface area (Å²) in [5.41, 5.74) is 13.6. The molecule has 1 nitrogen and oxygen atoms in total. The van der Waals surface area contributed by atoms with Gasteiger partial charge in [-0.05, 0) is 90.7 Å². The lowest BCUT2D eigenvalue weighted by Crippen LogP contribution is -2.34. The fraction of sp³-hybridized carbons (Fsp3) is 0.0370. The van der Waals surface area contributed by atoms with Crippen molar-refractivity contribution in [1.29, 1.82) is 0 Å². The molecule has 1 heteroatoms. The van der Waals surface area contributed by atoms with Crippen LogP contribution in [0.25, 0.3) is 33.0 Å². The fourth-order valence-corrected chi connectivity index (χ4v) is 9.82. The van der Waals surface area contributed by atoms with Crippen molar-refractivity contribution in [2.24, 2.45) is 0 Å². The monoisotopic (exact) mass is 700 g/mol. The molecule has 0 N–H and O–H groups in total. The number of benzene rings is 9. The summed E-state index contributed by atoms with van der Waals surface area (Å²) in [5, 5.41) is 2.53. The van der Waals surface area contributed by atoms with Gasteiger partial charge in [-0.2, -0.15) is 0 Å². The second-order valence-electron chi connectivity index (χ2n) is 14.7. The van der Waals surface area contributed by atoms with Gasteiger partial charge in [-0.3, -0.25) is 0 Å². The normalized spacial score (nSPS) is 14.3. The molecule has 1 aliphatic heterocycles. The quantitative estimate of drug-likeness (QED) is 0.174. The van der Waals surface area contributed by atoms with E-state index < -0.39 is 10.8 Å². The van der Waals surface area contributed by atoms with Crippen molar-refractivity contribution in [2.75, 3.05) is 0 Å². The minimum absolute atomic E-state index is 0.513. The van der Waals surface area contributed by atoms with Crippen LogP contribution in [0.3, 0.4) is 0 Å². The molecule has 9 aromatic rings. The van der Waals surface area contributed by atoms with E-state index in [4.69, 9.17) is 4.74 Å². The van der Waals surface area contributed by atoms with Gasteiger partial charge >= 0.3 is 0 Å². The van der Waals surface area contributed by atoms with Crippen molar-refractivity contribution in [3.8, 4) is 33.8 Å². The van der Waals surface area contributed by atoms with Gasteiger partial charge in [0.15, 0.2) is 0 Å². The van der Waals surface area contributed by atoms with Crippen molar-refractivity contribution in [3.05, 3.63) is 263 Å². The smallest absolute Gasteiger partial charge is 0.132 e. The first-order valence-corrected chi connectivity index (χ1v) is 19.1. The van der Waals surface area contributed by atoms with Gasteiger partial charge in [0.05, 0.1) is 10.8 Å². The number of para-hydroxylation sites is 1. The summed E-state index contributed by atoms with van der Waals surface area (Å²) < 4.78 is 6.77. The SMILES string of the molecule is c1ccc(C2(c3ccccc3)c3ccccc3Oc3ccc(-c4ccc5c(c4)C(c4ccccc4)(c4ccccc4)c4ccc6ccccc6c4-5)cc32)cc1. The second-order valence-corrected chi connectivity index (χ2v) is 14.7. The highest BCUT2D eigenvalue weighted by Crippen LogP contribution is 2.59. The Morgan fingerprint density at radius 3 is 1.40 bits per heavy atom. The molecule has 0 atom stereocenters. The number of hydrogen-bond acceptors (Lipinski definition) is 1. The van der Waals surface area contributed by atoms with Crippen LogP contribution in [0.15, 0.2) is 218 Å². The van der Waals surface area contributed by atoms with E-state index in [2.05, 4.69) is 218 Å². The van der Waals surface area contributed by atoms with Gasteiger partial charge in [-0.15, -0.1) is 0 Å². The highest BCUT2D eigenvalue weighted by atomic mass is 16.5. The maximum atomic E-state index is 6.77. The summed E-state index contributed by atoms with van der Waals surface area (Å²) in [6, 6.07) is 80.0. The zero-order chi connectivity index (χ0) is 36.4. The summed E-state index contributed by atoms with van der Waals surface area (Å²) in [6.45, 7) is 0. The lowest BCUT2D eigenvalue weighted by Gasteiger charge is -2.41. The Bertz CT molecular complexity index is 2800. The van der Waals surface area contributed by atoms with E-state index in [1.807, 2.05) is 0 Å². The number of rotatable bonds is 5. The maximum absolute atomic E-state index is 6.77. The molecule has 0 saturated heterocycles. The molecule has 0 spiro atoms. The molecule has 1 aliphatic carbocycles. The van der Waals surface area contributed by atoms with Gasteiger partial charge in [0.25, 0.3) is 0 Å². The Kier molecular flexibility index (Phi) is 7.06. The standard InChI is InChI=1S/C54H36O/c1-5-18-40(19-6-1)53(41-20-7-2-8-21-41)46-27-15-16-28-50(46)55-51-34-31-39(36-49(51)53)38-29-32-45-48(35-38)54(42-22-9-3-10-23-42,43-24-11-4-12-25-43)47-33-30-37-17-13-14-26-44(37)52(45)47/h1-36H. The van der Waals surface area contributed by atoms with Crippen LogP contribution in [0.2, 0.25) is 0 Å². The fourth-order valence-electron chi connectivity index (χ4n) is 9.82. The molecule has 9 aromatic carbocycles. The van der Waals surface area contributed by atoms with Crippen molar-refractivity contribution < 1.29 is 4.74 Å². The number of hydrogen-bond donors (Lipinski definition) is 0. The predicted octanol–water partition coefficient (Wildman–Crippen LogP) is 13.4. The Morgan fingerprint density at radius 1 is 0.309 bits per heavy atom. The van der Waals surface area contributed by atoms with Gasteiger partial charge in [0.1, 0.15) is 11.5 Å². The molecule has 0 aromatic heterocycles. The second kappa shape index (κ2) is 12.3. The van der Waals surface area contributed by atoms with Crippen LogP contribution in [-0.4, -0.2) is 0 Å². The number of ether oxygens (including phenoxy) is 1. The molecular weight excluding hydrogens is 665 g/mol. The van der Waals surface area contributed by atoms with Crippen LogP contribution in [0.4, 0.5) is 0 Å². The highest BCUT2D eigenvalue weighted by Gasteiger charge is 2.48. The minimum atomic E-state index is -0.591. The molecule has 55 heavy (non-hydrogen) atoms. The van der Waals surface area contributed by atoms with Crippen molar-refractivity contribution in [1.82, 2.24) is 0 Å². The van der Waals surface area contributed by atoms with Crippen LogP contribution in [0.5, 0.6) is 11.5 Å². The zero-order valence-electron chi connectivity index (χ0n) is 30.2. The highest BCUT2D eigenvalue weighted by molar-refractivity contribution is 6.04. The molecule has 0 bridgehead atoms. The molecule has 0 radical (unpaired) electrons. The maximum Gasteiger partial charge on any atom is 0.132 e. The Balaban J connectivity index is 1.20. The van der Waals surface area contributed by atoms with Crippen LogP contribution in [0.1, 0.15) is 44.5 Å². The Labute approximate surface area is 321 Å². The van der Waals surface area contributed by atoms with Crippen LogP contribution in [-0.2, 0) is 10.8 Å². The largest absolute Gasteiger partial charge is 0.457 e. The lowest BCUT2D eigenvalue weighted by atomic mass is 9.63. The molecule has 258 valence electrons. The number of fused-ring (bicyclic) bond motifs is 7. The van der Waals surface area contributed by atoms with E-state index in [0.29, 0.717) is 0 Å². The molecule has 0 amide bonds. The lowest BCUT2D eigenvalue weighted by molar-refractivity contribution is 0.434. The first kappa shape index (κ1) is 31.6. The Morgan fingerprint density at radius 2 is 0.782 bits per heavy atom. The zero-order valence-corrected chi connectivity index (χ0v) is 30.2. The van der Waals surface area contributed by atoms with Crippen molar-refractivity contribution >= 4 is 10.8 Å². The Hall–Kier alpha value is -6.96. The third kappa shape index (κ3) is 4.47. The van der Waals surface area contributed by atoms with E-state index in [-0.39, 0.29) is 0 Å². The van der Waals surface area contributed by atoms with E-state index in [0.717, 1.165) is 28.2 Å². The van der Waals surface area contributed by atoms with Crippen LogP contribution in [0, 0.1) is 0 Å². The van der Waals surface area contributed by atoms with Crippen LogP contribution >= 0.6 is 0 Å². The molecule has 1 heterocycles. The van der Waals surface area contributed by atoms with Gasteiger partial charge in [-0.25, -0.2) is 0 Å². The van der Waals surface area contributed by atoms with Crippen LogP contribution < -0.4 is 4.74 Å². The average molecular weight is 701 g/mol. The average Bonchev–Trinajstić information content (AvgIpc) is 3.57. The third-order valence-electron chi connectivity index (χ3n) is 12.1. The molecule has 0 saturated carbocycles. The summed E-state index contributed by atoms with van der Waals surface area (Å²) in [5.74, 6) is 1.76. The molecule has 2 aliphatic rings. The van der Waals surface area contributed by atoms with Gasteiger partial charge in [0.2, 0.25) is 0 Å². The predicted molar refractivity (Wildman–Crippen MR) is 225 cm³/mol. The minimum Gasteiger partial charge on any atom is -0.457 e. The topological polar surface area (TPSA) is 9.23 Å². The summed E-state index contributed by atoms with van der Waals surface area (Å²) >= 11 is 0. The summed E-state index contributed by atoms with van der Waals surface area (Å²) in [7, 11) is 0.